The SMILES string of the molecule is [C-]#[N+]/C(C#N)=c1\cc(-c2ncc(C)s2)/c(=c2\sc(=C(C#N)C#N)cc2-c2ncc(C)s2)s1. The van der Waals surface area contributed by atoms with Crippen LogP contribution in [0.15, 0.2) is 24.5 Å². The predicted molar refractivity (Wildman–Crippen MR) is 128 cm³/mol. The number of nitrogens with zero attached hydrogens (tertiary/aromatic N) is 6. The fraction of sp³-hybridized carbons (Fsp3) is 0.0909. The van der Waals surface area contributed by atoms with Crippen molar-refractivity contribution in [1.29, 1.82) is 15.8 Å². The summed E-state index contributed by atoms with van der Waals surface area (Å²) in [6.07, 6.45) is 3.57. The highest BCUT2D eigenvalue weighted by Crippen LogP contribution is 2.32. The predicted octanol–water partition coefficient (Wildman–Crippen LogP) is 4.71. The van der Waals surface area contributed by atoms with Gasteiger partial charge in [-0.15, -0.1) is 45.3 Å². The Morgan fingerprint density at radius 3 is 1.72 bits per heavy atom. The monoisotopic (exact) mass is 486 g/mol. The quantitative estimate of drug-likeness (QED) is 0.382. The van der Waals surface area contributed by atoms with Crippen LogP contribution in [0.25, 0.3) is 37.3 Å². The molecule has 0 saturated carbocycles. The number of aryl methyl sites for hydroxylation is 2. The normalized spacial score (nSPS) is 12.3. The zero-order valence-corrected chi connectivity index (χ0v) is 19.9. The van der Waals surface area contributed by atoms with E-state index in [0.29, 0.717) is 9.06 Å². The molecule has 32 heavy (non-hydrogen) atoms. The molecular weight excluding hydrogens is 477 g/mol. The lowest BCUT2D eigenvalue weighted by atomic mass is 10.2. The highest BCUT2D eigenvalue weighted by Gasteiger charge is 2.15. The fourth-order valence-corrected chi connectivity index (χ4v) is 6.97. The number of thiophene rings is 2. The second-order valence-corrected chi connectivity index (χ2v) is 11.0. The van der Waals surface area contributed by atoms with Crippen molar-refractivity contribution < 1.29 is 0 Å². The van der Waals surface area contributed by atoms with Gasteiger partial charge in [0.2, 0.25) is 0 Å². The summed E-state index contributed by atoms with van der Waals surface area (Å²) in [5.41, 5.74) is 1.68. The van der Waals surface area contributed by atoms with Crippen LogP contribution in [0.4, 0.5) is 0 Å². The lowest BCUT2D eigenvalue weighted by Crippen LogP contribution is -1.94. The van der Waals surface area contributed by atoms with E-state index in [1.807, 2.05) is 44.2 Å². The smallest absolute Gasteiger partial charge is 0.244 e. The second-order valence-electron chi connectivity index (χ2n) is 6.43. The van der Waals surface area contributed by atoms with E-state index in [4.69, 9.17) is 6.57 Å². The third-order valence-corrected chi connectivity index (χ3v) is 8.65. The molecule has 0 atom stereocenters. The van der Waals surface area contributed by atoms with E-state index < -0.39 is 0 Å². The highest BCUT2D eigenvalue weighted by atomic mass is 32.1. The molecule has 0 aliphatic rings. The number of hydrogen-bond acceptors (Lipinski definition) is 9. The average molecular weight is 487 g/mol. The summed E-state index contributed by atoms with van der Waals surface area (Å²) in [5.74, 6) is 0. The van der Waals surface area contributed by atoms with Crippen molar-refractivity contribution in [2.24, 2.45) is 0 Å². The van der Waals surface area contributed by atoms with E-state index in [2.05, 4.69) is 14.8 Å². The van der Waals surface area contributed by atoms with Gasteiger partial charge in [0.15, 0.2) is 0 Å². The van der Waals surface area contributed by atoms with Crippen molar-refractivity contribution in [2.75, 3.05) is 0 Å². The lowest BCUT2D eigenvalue weighted by molar-refractivity contribution is 1.38. The Morgan fingerprint density at radius 2 is 1.31 bits per heavy atom. The highest BCUT2D eigenvalue weighted by molar-refractivity contribution is 7.16. The molecule has 4 heterocycles. The van der Waals surface area contributed by atoms with Gasteiger partial charge < -0.3 is 0 Å². The minimum Gasteiger partial charge on any atom is -0.244 e. The first-order chi connectivity index (χ1) is 15.5. The number of aromatic nitrogens is 2. The maximum atomic E-state index is 9.41. The Balaban J connectivity index is 2.29. The number of thiazole rings is 2. The standard InChI is InChI=1S/C22H10N6S4/c1-11-9-27-21(29-11)14-4-17(13(6-23)7-24)31-19(14)20-15(22-28-10-12(2)30-22)5-18(32-20)16(8-25)26-3/h4-5,9-10H,1-2H3/b18-16+,20-19+. The van der Waals surface area contributed by atoms with Gasteiger partial charge in [-0.3, -0.25) is 0 Å². The topological polar surface area (TPSA) is 102 Å². The molecule has 0 aromatic carbocycles. The van der Waals surface area contributed by atoms with Crippen LogP contribution in [0.1, 0.15) is 9.75 Å². The molecule has 4 aromatic rings. The number of hydrogen-bond donors (Lipinski definition) is 0. The molecule has 0 amide bonds. The molecule has 0 radical (unpaired) electrons. The minimum absolute atomic E-state index is 0.0144. The summed E-state index contributed by atoms with van der Waals surface area (Å²) in [6.45, 7) is 11.3. The molecule has 0 aliphatic heterocycles. The van der Waals surface area contributed by atoms with E-state index in [-0.39, 0.29) is 11.3 Å². The molecule has 0 bridgehead atoms. The Labute approximate surface area is 198 Å². The van der Waals surface area contributed by atoms with Gasteiger partial charge in [0.25, 0.3) is 5.70 Å². The number of rotatable bonds is 2. The summed E-state index contributed by atoms with van der Waals surface area (Å²) in [6, 6.07) is 9.54. The summed E-state index contributed by atoms with van der Waals surface area (Å²) in [4.78, 5) is 14.5. The van der Waals surface area contributed by atoms with Gasteiger partial charge in [0, 0.05) is 37.8 Å². The molecule has 4 aromatic heterocycles. The van der Waals surface area contributed by atoms with E-state index in [1.165, 1.54) is 45.3 Å². The molecule has 0 aliphatic carbocycles. The van der Waals surface area contributed by atoms with Crippen LogP contribution >= 0.6 is 45.3 Å². The molecule has 152 valence electrons. The van der Waals surface area contributed by atoms with Crippen LogP contribution in [0.5, 0.6) is 0 Å². The van der Waals surface area contributed by atoms with Crippen LogP contribution < -0.4 is 9.06 Å². The van der Waals surface area contributed by atoms with Crippen LogP contribution in [0.3, 0.4) is 0 Å². The van der Waals surface area contributed by atoms with Crippen LogP contribution in [0.2, 0.25) is 0 Å². The molecular formula is C22H10N6S4. The second kappa shape index (κ2) is 8.85. The Hall–Kier alpha value is -3.64. The molecule has 4 rings (SSSR count). The van der Waals surface area contributed by atoms with Gasteiger partial charge in [0.1, 0.15) is 27.7 Å². The zero-order chi connectivity index (χ0) is 22.8. The van der Waals surface area contributed by atoms with E-state index in [1.54, 1.807) is 12.4 Å². The third-order valence-electron chi connectivity index (χ3n) is 4.29. The minimum atomic E-state index is 0.0144. The Kier molecular flexibility index (Phi) is 5.97. The molecule has 10 heteroatoms. The van der Waals surface area contributed by atoms with Crippen molar-refractivity contribution in [3.63, 3.8) is 0 Å². The molecule has 0 fully saturated rings. The number of nitriles is 3. The largest absolute Gasteiger partial charge is 0.278 e. The van der Waals surface area contributed by atoms with Crippen molar-refractivity contribution >= 4 is 56.6 Å². The third kappa shape index (κ3) is 3.85. The van der Waals surface area contributed by atoms with Crippen LogP contribution in [0, 0.1) is 63.5 Å². The van der Waals surface area contributed by atoms with Crippen molar-refractivity contribution in [2.45, 2.75) is 13.8 Å². The Bertz CT molecular complexity index is 1590. The maximum Gasteiger partial charge on any atom is 0.278 e. The molecule has 0 N–H and O–H groups in total. The van der Waals surface area contributed by atoms with E-state index in [0.717, 1.165) is 40.0 Å². The first-order valence-corrected chi connectivity index (χ1v) is 12.2. The van der Waals surface area contributed by atoms with E-state index in [9.17, 15) is 15.8 Å². The Morgan fingerprint density at radius 1 is 0.812 bits per heavy atom. The molecule has 0 unspecified atom stereocenters. The lowest BCUT2D eigenvalue weighted by Gasteiger charge is -1.93. The van der Waals surface area contributed by atoms with Crippen molar-refractivity contribution in [3.05, 3.63) is 63.8 Å². The fourth-order valence-electron chi connectivity index (χ4n) is 2.91. The molecule has 0 spiro atoms. The van der Waals surface area contributed by atoms with Crippen molar-refractivity contribution in [3.8, 4) is 39.3 Å². The zero-order valence-electron chi connectivity index (χ0n) is 16.6. The van der Waals surface area contributed by atoms with Gasteiger partial charge in [-0.2, -0.15) is 10.5 Å². The summed E-state index contributed by atoms with van der Waals surface area (Å²) in [7, 11) is 0. The van der Waals surface area contributed by atoms with Gasteiger partial charge in [-0.25, -0.2) is 20.1 Å². The first kappa shape index (κ1) is 21.6. The van der Waals surface area contributed by atoms with Crippen LogP contribution in [-0.2, 0) is 0 Å². The maximum absolute atomic E-state index is 9.41. The van der Waals surface area contributed by atoms with Gasteiger partial charge in [-0.05, 0) is 26.0 Å². The van der Waals surface area contributed by atoms with Gasteiger partial charge >= 0.3 is 0 Å². The van der Waals surface area contributed by atoms with Crippen LogP contribution in [-0.4, -0.2) is 9.97 Å². The summed E-state index contributed by atoms with van der Waals surface area (Å²) >= 11 is 5.72. The van der Waals surface area contributed by atoms with Crippen molar-refractivity contribution in [1.82, 2.24) is 9.97 Å². The van der Waals surface area contributed by atoms with Gasteiger partial charge in [0.05, 0.1) is 26.2 Å². The summed E-state index contributed by atoms with van der Waals surface area (Å²) in [5, 5.41) is 29.8. The molecule has 6 nitrogen and oxygen atoms in total. The molecule has 0 saturated heterocycles. The summed E-state index contributed by atoms with van der Waals surface area (Å²) < 4.78 is 2.78. The first-order valence-electron chi connectivity index (χ1n) is 8.95. The average Bonchev–Trinajstić information content (AvgIpc) is 3.56. The van der Waals surface area contributed by atoms with Gasteiger partial charge in [-0.1, -0.05) is 0 Å². The van der Waals surface area contributed by atoms with E-state index >= 15 is 0 Å².